The van der Waals surface area contributed by atoms with Crippen molar-refractivity contribution in [2.24, 2.45) is 0 Å². The lowest BCUT2D eigenvalue weighted by molar-refractivity contribution is 0.0689. The minimum atomic E-state index is -1.09. The van der Waals surface area contributed by atoms with Crippen molar-refractivity contribution in [1.82, 2.24) is 10.2 Å². The number of rotatable bonds is 5. The molecule has 0 atom stereocenters. The maximum Gasteiger partial charge on any atom is 0.356 e. The van der Waals surface area contributed by atoms with Crippen LogP contribution >= 0.6 is 0 Å². The van der Waals surface area contributed by atoms with E-state index in [0.29, 0.717) is 12.4 Å². The van der Waals surface area contributed by atoms with Crippen molar-refractivity contribution in [3.8, 4) is 5.75 Å². The molecule has 2 aromatic rings. The van der Waals surface area contributed by atoms with E-state index in [0.717, 1.165) is 11.3 Å². The van der Waals surface area contributed by atoms with Gasteiger partial charge in [0.1, 0.15) is 5.75 Å². The maximum atomic E-state index is 10.7. The van der Waals surface area contributed by atoms with E-state index in [1.54, 1.807) is 13.2 Å². The number of hydrogen-bond donors (Lipinski definition) is 1. The average molecular weight is 273 g/mol. The topological polar surface area (TPSA) is 75.5 Å². The third-order valence-electron chi connectivity index (χ3n) is 2.86. The van der Waals surface area contributed by atoms with Crippen LogP contribution in [0.5, 0.6) is 5.75 Å². The molecule has 0 radical (unpaired) electrons. The van der Waals surface area contributed by atoms with Crippen LogP contribution in [0.25, 0.3) is 0 Å². The number of aromatic nitrogens is 2. The molecule has 0 saturated carbocycles. The molecule has 1 heterocycles. The zero-order valence-electron chi connectivity index (χ0n) is 11.3. The molecule has 0 unspecified atom stereocenters. The van der Waals surface area contributed by atoms with Crippen molar-refractivity contribution in [3.63, 3.8) is 0 Å². The van der Waals surface area contributed by atoms with Crippen LogP contribution in [-0.4, -0.2) is 35.4 Å². The quantitative estimate of drug-likeness (QED) is 0.895. The number of hydrogen-bond acceptors (Lipinski definition) is 5. The Morgan fingerprint density at radius 2 is 2.00 bits per heavy atom. The molecule has 0 aliphatic rings. The second-order valence-electron chi connectivity index (χ2n) is 4.25. The number of carboxylic acids is 1. The van der Waals surface area contributed by atoms with Gasteiger partial charge in [-0.25, -0.2) is 4.79 Å². The van der Waals surface area contributed by atoms with Gasteiger partial charge in [0.15, 0.2) is 11.5 Å². The predicted molar refractivity (Wildman–Crippen MR) is 74.1 cm³/mol. The van der Waals surface area contributed by atoms with Crippen LogP contribution < -0.4 is 9.64 Å². The Labute approximate surface area is 116 Å². The fourth-order valence-corrected chi connectivity index (χ4v) is 1.81. The van der Waals surface area contributed by atoms with E-state index < -0.39 is 5.97 Å². The molecular weight excluding hydrogens is 258 g/mol. The summed E-state index contributed by atoms with van der Waals surface area (Å²) in [7, 11) is 3.48. The summed E-state index contributed by atoms with van der Waals surface area (Å²) in [6.45, 7) is 0.588. The van der Waals surface area contributed by atoms with Gasteiger partial charge < -0.3 is 14.7 Å². The number of nitrogens with zero attached hydrogens (tertiary/aromatic N) is 3. The number of ether oxygens (including phenoxy) is 1. The number of methoxy groups -OCH3 is 1. The van der Waals surface area contributed by atoms with Gasteiger partial charge in [0.05, 0.1) is 7.11 Å². The smallest absolute Gasteiger partial charge is 0.356 e. The molecule has 1 N–H and O–H groups in total. The highest BCUT2D eigenvalue weighted by atomic mass is 16.5. The highest BCUT2D eigenvalue weighted by Crippen LogP contribution is 2.20. The first kappa shape index (κ1) is 13.8. The van der Waals surface area contributed by atoms with Gasteiger partial charge in [-0.3, -0.25) is 0 Å². The summed E-state index contributed by atoms with van der Waals surface area (Å²) in [5.41, 5.74) is 0.945. The van der Waals surface area contributed by atoms with E-state index in [1.165, 1.54) is 6.07 Å². The SMILES string of the molecule is COc1ccccc1CN(C)c1ccc(C(=O)O)nn1. The van der Waals surface area contributed by atoms with Crippen LogP contribution in [-0.2, 0) is 6.54 Å². The lowest BCUT2D eigenvalue weighted by atomic mass is 10.2. The third kappa shape index (κ3) is 3.03. The normalized spacial score (nSPS) is 10.1. The minimum Gasteiger partial charge on any atom is -0.496 e. The summed E-state index contributed by atoms with van der Waals surface area (Å²) in [5.74, 6) is 0.312. The Kier molecular flexibility index (Phi) is 4.14. The van der Waals surface area contributed by atoms with Gasteiger partial charge in [-0.1, -0.05) is 18.2 Å². The Balaban J connectivity index is 2.15. The van der Waals surface area contributed by atoms with Gasteiger partial charge in [-0.2, -0.15) is 0 Å². The lowest BCUT2D eigenvalue weighted by Crippen LogP contribution is -2.19. The van der Waals surface area contributed by atoms with E-state index in [4.69, 9.17) is 9.84 Å². The predicted octanol–water partition coefficient (Wildman–Crippen LogP) is 1.82. The molecule has 0 amide bonds. The summed E-state index contributed by atoms with van der Waals surface area (Å²) in [4.78, 5) is 12.6. The standard InChI is InChI=1S/C14H15N3O3/c1-17(9-10-5-3-4-6-12(10)20-2)13-8-7-11(14(18)19)15-16-13/h3-8H,9H2,1-2H3,(H,18,19). The Morgan fingerprint density at radius 1 is 1.25 bits per heavy atom. The van der Waals surface area contributed by atoms with Crippen LogP contribution in [0.2, 0.25) is 0 Å². The molecule has 1 aromatic heterocycles. The Bertz CT molecular complexity index is 599. The molecule has 6 heteroatoms. The van der Waals surface area contributed by atoms with E-state index in [1.807, 2.05) is 36.2 Å². The Hall–Kier alpha value is -2.63. The minimum absolute atomic E-state index is 0.0700. The van der Waals surface area contributed by atoms with Crippen molar-refractivity contribution in [1.29, 1.82) is 0 Å². The molecule has 104 valence electrons. The van der Waals surface area contributed by atoms with Crippen LogP contribution in [0.4, 0.5) is 5.82 Å². The number of para-hydroxylation sites is 1. The molecule has 6 nitrogen and oxygen atoms in total. The molecule has 0 fully saturated rings. The zero-order chi connectivity index (χ0) is 14.5. The summed E-state index contributed by atoms with van der Waals surface area (Å²) < 4.78 is 5.29. The highest BCUT2D eigenvalue weighted by molar-refractivity contribution is 5.85. The van der Waals surface area contributed by atoms with Crippen LogP contribution in [0.1, 0.15) is 16.1 Å². The second kappa shape index (κ2) is 6.01. The number of anilines is 1. The maximum absolute atomic E-state index is 10.7. The van der Waals surface area contributed by atoms with Gasteiger partial charge in [0.2, 0.25) is 0 Å². The fraction of sp³-hybridized carbons (Fsp3) is 0.214. The largest absolute Gasteiger partial charge is 0.496 e. The molecule has 0 aliphatic heterocycles. The molecule has 0 aliphatic carbocycles. The Morgan fingerprint density at radius 3 is 2.60 bits per heavy atom. The van der Waals surface area contributed by atoms with E-state index in [-0.39, 0.29) is 5.69 Å². The highest BCUT2D eigenvalue weighted by Gasteiger charge is 2.10. The number of benzene rings is 1. The first-order chi connectivity index (χ1) is 9.61. The number of aromatic carboxylic acids is 1. The second-order valence-corrected chi connectivity index (χ2v) is 4.25. The third-order valence-corrected chi connectivity index (χ3v) is 2.86. The van der Waals surface area contributed by atoms with Crippen molar-refractivity contribution in [3.05, 3.63) is 47.7 Å². The molecular formula is C14H15N3O3. The van der Waals surface area contributed by atoms with Crippen molar-refractivity contribution in [2.45, 2.75) is 6.54 Å². The van der Waals surface area contributed by atoms with Gasteiger partial charge in [-0.05, 0) is 18.2 Å². The molecule has 0 spiro atoms. The van der Waals surface area contributed by atoms with Crippen LogP contribution in [0, 0.1) is 0 Å². The molecule has 1 aromatic carbocycles. The van der Waals surface area contributed by atoms with Gasteiger partial charge >= 0.3 is 5.97 Å². The van der Waals surface area contributed by atoms with E-state index in [2.05, 4.69) is 10.2 Å². The average Bonchev–Trinajstić information content (AvgIpc) is 2.48. The van der Waals surface area contributed by atoms with Crippen molar-refractivity contribution < 1.29 is 14.6 Å². The summed E-state index contributed by atoms with van der Waals surface area (Å²) >= 11 is 0. The summed E-state index contributed by atoms with van der Waals surface area (Å²) in [6.07, 6.45) is 0. The van der Waals surface area contributed by atoms with Crippen molar-refractivity contribution >= 4 is 11.8 Å². The fourth-order valence-electron chi connectivity index (χ4n) is 1.81. The summed E-state index contributed by atoms with van der Waals surface area (Å²) in [6, 6.07) is 10.8. The molecule has 0 bridgehead atoms. The van der Waals surface area contributed by atoms with Crippen LogP contribution in [0.3, 0.4) is 0 Å². The molecule has 0 saturated heterocycles. The molecule has 20 heavy (non-hydrogen) atoms. The number of carbonyl (C=O) groups is 1. The van der Waals surface area contributed by atoms with Gasteiger partial charge in [-0.15, -0.1) is 10.2 Å². The van der Waals surface area contributed by atoms with E-state index in [9.17, 15) is 4.79 Å². The van der Waals surface area contributed by atoms with Crippen LogP contribution in [0.15, 0.2) is 36.4 Å². The zero-order valence-corrected chi connectivity index (χ0v) is 11.3. The lowest BCUT2D eigenvalue weighted by Gasteiger charge is -2.19. The van der Waals surface area contributed by atoms with Gasteiger partial charge in [0, 0.05) is 19.2 Å². The van der Waals surface area contributed by atoms with Crippen molar-refractivity contribution in [2.75, 3.05) is 19.1 Å². The monoisotopic (exact) mass is 273 g/mol. The first-order valence-electron chi connectivity index (χ1n) is 6.02. The van der Waals surface area contributed by atoms with E-state index >= 15 is 0 Å². The summed E-state index contributed by atoms with van der Waals surface area (Å²) in [5, 5.41) is 16.4. The number of carboxylic acid groups (broad SMARTS) is 1. The first-order valence-corrected chi connectivity index (χ1v) is 6.02. The molecule has 2 rings (SSSR count). The van der Waals surface area contributed by atoms with Gasteiger partial charge in [0.25, 0.3) is 0 Å².